The van der Waals surface area contributed by atoms with E-state index in [0.717, 1.165) is 0 Å². The topological polar surface area (TPSA) is 58.6 Å². The molecule has 0 radical (unpaired) electrons. The van der Waals surface area contributed by atoms with Gasteiger partial charge in [-0.1, -0.05) is 13.8 Å². The number of hydrogen-bond donors (Lipinski definition) is 1. The monoisotopic (exact) mass is 310 g/mol. The van der Waals surface area contributed by atoms with E-state index in [0.29, 0.717) is 12.8 Å². The molecule has 21 heavy (non-hydrogen) atoms. The lowest BCUT2D eigenvalue weighted by Crippen LogP contribution is -2.70. The minimum atomic E-state index is -4.40. The third kappa shape index (κ3) is 3.87. The molecular formula is C13H21F3N2O3. The maximum atomic E-state index is 12.2. The number of ether oxygens (including phenoxy) is 1. The Bertz CT molecular complexity index is 395. The molecule has 0 aliphatic carbocycles. The SMILES string of the molecule is CCC1(CC)C(=O)NC(C)C(=O)N1CCOCC(F)(F)F. The highest BCUT2D eigenvalue weighted by Crippen LogP contribution is 2.28. The summed E-state index contributed by atoms with van der Waals surface area (Å²) < 4.78 is 40.7. The Labute approximate surface area is 121 Å². The lowest BCUT2D eigenvalue weighted by atomic mass is 9.86. The van der Waals surface area contributed by atoms with Crippen molar-refractivity contribution >= 4 is 11.8 Å². The van der Waals surface area contributed by atoms with Gasteiger partial charge < -0.3 is 15.0 Å². The van der Waals surface area contributed by atoms with Gasteiger partial charge in [0, 0.05) is 6.54 Å². The van der Waals surface area contributed by atoms with Crippen molar-refractivity contribution in [2.75, 3.05) is 19.8 Å². The maximum absolute atomic E-state index is 12.2. The number of alkyl halides is 3. The Morgan fingerprint density at radius 3 is 2.33 bits per heavy atom. The molecule has 1 fully saturated rings. The number of carbonyl (C=O) groups excluding carboxylic acids is 2. The van der Waals surface area contributed by atoms with E-state index in [4.69, 9.17) is 0 Å². The molecular weight excluding hydrogens is 289 g/mol. The van der Waals surface area contributed by atoms with Crippen LogP contribution in [0.1, 0.15) is 33.6 Å². The van der Waals surface area contributed by atoms with Gasteiger partial charge >= 0.3 is 6.18 Å². The first kappa shape index (κ1) is 17.7. The summed E-state index contributed by atoms with van der Waals surface area (Å²) in [6.45, 7) is 3.45. The normalized spacial score (nSPS) is 22.4. The minimum absolute atomic E-state index is 0.0334. The molecule has 0 aromatic rings. The Hall–Kier alpha value is -1.31. The zero-order chi connectivity index (χ0) is 16.3. The number of amides is 2. The summed E-state index contributed by atoms with van der Waals surface area (Å²) in [5.74, 6) is -0.565. The van der Waals surface area contributed by atoms with Crippen molar-refractivity contribution in [3.05, 3.63) is 0 Å². The van der Waals surface area contributed by atoms with E-state index in [1.807, 2.05) is 0 Å². The summed E-state index contributed by atoms with van der Waals surface area (Å²) in [6, 6.07) is -0.675. The second-order valence-corrected chi connectivity index (χ2v) is 5.09. The van der Waals surface area contributed by atoms with Crippen LogP contribution in [0.3, 0.4) is 0 Å². The molecule has 5 nitrogen and oxygen atoms in total. The van der Waals surface area contributed by atoms with Gasteiger partial charge in [0.05, 0.1) is 6.61 Å². The molecule has 0 saturated carbocycles. The molecule has 1 N–H and O–H groups in total. The average molecular weight is 310 g/mol. The first-order valence-electron chi connectivity index (χ1n) is 6.95. The van der Waals surface area contributed by atoms with Gasteiger partial charge in [-0.05, 0) is 19.8 Å². The highest BCUT2D eigenvalue weighted by atomic mass is 19.4. The molecule has 0 aromatic heterocycles. The quantitative estimate of drug-likeness (QED) is 0.756. The van der Waals surface area contributed by atoms with Gasteiger partial charge in [0.25, 0.3) is 0 Å². The molecule has 0 bridgehead atoms. The van der Waals surface area contributed by atoms with Crippen LogP contribution in [0.15, 0.2) is 0 Å². The van der Waals surface area contributed by atoms with Crippen molar-refractivity contribution in [2.24, 2.45) is 0 Å². The van der Waals surface area contributed by atoms with Crippen LogP contribution < -0.4 is 5.32 Å². The van der Waals surface area contributed by atoms with E-state index in [1.165, 1.54) is 4.90 Å². The molecule has 8 heteroatoms. The number of halogens is 3. The average Bonchev–Trinajstić information content (AvgIpc) is 2.39. The molecule has 2 amide bonds. The minimum Gasteiger partial charge on any atom is -0.370 e. The predicted octanol–water partition coefficient (Wildman–Crippen LogP) is 1.47. The van der Waals surface area contributed by atoms with Crippen molar-refractivity contribution < 1.29 is 27.5 Å². The lowest BCUT2D eigenvalue weighted by molar-refractivity contribution is -0.178. The number of nitrogens with zero attached hydrogens (tertiary/aromatic N) is 1. The van der Waals surface area contributed by atoms with Gasteiger partial charge in [-0.2, -0.15) is 13.2 Å². The van der Waals surface area contributed by atoms with Crippen molar-refractivity contribution in [3.8, 4) is 0 Å². The molecule has 1 heterocycles. The zero-order valence-electron chi connectivity index (χ0n) is 12.4. The second-order valence-electron chi connectivity index (χ2n) is 5.09. The third-order valence-corrected chi connectivity index (χ3v) is 3.82. The molecule has 1 saturated heterocycles. The highest BCUT2D eigenvalue weighted by Gasteiger charge is 2.48. The Morgan fingerprint density at radius 2 is 1.86 bits per heavy atom. The van der Waals surface area contributed by atoms with Crippen LogP contribution in [0.4, 0.5) is 13.2 Å². The summed E-state index contributed by atoms with van der Waals surface area (Å²) in [6.07, 6.45) is -3.61. The van der Waals surface area contributed by atoms with Crippen LogP contribution in [0, 0.1) is 0 Å². The van der Waals surface area contributed by atoms with E-state index >= 15 is 0 Å². The Balaban J connectivity index is 2.77. The summed E-state index contributed by atoms with van der Waals surface area (Å²) in [7, 11) is 0. The number of piperazine rings is 1. The Kier molecular flexibility index (Phi) is 5.61. The summed E-state index contributed by atoms with van der Waals surface area (Å²) >= 11 is 0. The summed E-state index contributed by atoms with van der Waals surface area (Å²) in [5, 5.41) is 2.62. The number of carbonyl (C=O) groups is 2. The molecule has 122 valence electrons. The molecule has 0 aromatic carbocycles. The third-order valence-electron chi connectivity index (χ3n) is 3.82. The number of hydrogen-bond acceptors (Lipinski definition) is 3. The first-order valence-corrected chi connectivity index (χ1v) is 6.95. The standard InChI is InChI=1S/C13H21F3N2O3/c1-4-12(5-2)11(20)17-9(3)10(19)18(12)6-7-21-8-13(14,15)16/h9H,4-8H2,1-3H3,(H,17,20). The molecule has 1 unspecified atom stereocenters. The van der Waals surface area contributed by atoms with Crippen LogP contribution in [0.25, 0.3) is 0 Å². The molecule has 1 atom stereocenters. The van der Waals surface area contributed by atoms with Gasteiger partial charge in [-0.3, -0.25) is 9.59 Å². The van der Waals surface area contributed by atoms with Crippen LogP contribution >= 0.6 is 0 Å². The molecule has 1 rings (SSSR count). The predicted molar refractivity (Wildman–Crippen MR) is 69.5 cm³/mol. The Morgan fingerprint density at radius 1 is 1.29 bits per heavy atom. The van der Waals surface area contributed by atoms with Gasteiger partial charge in [0.2, 0.25) is 11.8 Å². The van der Waals surface area contributed by atoms with Crippen LogP contribution in [0.2, 0.25) is 0 Å². The number of nitrogens with one attached hydrogen (secondary N) is 1. The van der Waals surface area contributed by atoms with Crippen LogP contribution in [0.5, 0.6) is 0 Å². The van der Waals surface area contributed by atoms with Gasteiger partial charge in [-0.15, -0.1) is 0 Å². The highest BCUT2D eigenvalue weighted by molar-refractivity contribution is 5.99. The fourth-order valence-electron chi connectivity index (χ4n) is 2.58. The maximum Gasteiger partial charge on any atom is 0.411 e. The molecule has 1 aliphatic rings. The van der Waals surface area contributed by atoms with Crippen molar-refractivity contribution in [1.82, 2.24) is 10.2 Å². The second kappa shape index (κ2) is 6.64. The largest absolute Gasteiger partial charge is 0.411 e. The van der Waals surface area contributed by atoms with Gasteiger partial charge in [-0.25, -0.2) is 0 Å². The van der Waals surface area contributed by atoms with E-state index in [1.54, 1.807) is 20.8 Å². The van der Waals surface area contributed by atoms with Crippen molar-refractivity contribution in [2.45, 2.75) is 51.4 Å². The van der Waals surface area contributed by atoms with E-state index in [9.17, 15) is 22.8 Å². The fourth-order valence-corrected chi connectivity index (χ4v) is 2.58. The summed E-state index contributed by atoms with van der Waals surface area (Å²) in [4.78, 5) is 25.8. The summed E-state index contributed by atoms with van der Waals surface area (Å²) in [5.41, 5.74) is -1.01. The van der Waals surface area contributed by atoms with Gasteiger partial charge in [0.15, 0.2) is 0 Å². The molecule has 1 aliphatic heterocycles. The molecule has 0 spiro atoms. The van der Waals surface area contributed by atoms with E-state index in [-0.39, 0.29) is 25.0 Å². The van der Waals surface area contributed by atoms with Crippen molar-refractivity contribution in [1.29, 1.82) is 0 Å². The van der Waals surface area contributed by atoms with Crippen molar-refractivity contribution in [3.63, 3.8) is 0 Å². The smallest absolute Gasteiger partial charge is 0.370 e. The fraction of sp³-hybridized carbons (Fsp3) is 0.846. The van der Waals surface area contributed by atoms with Crippen LogP contribution in [-0.2, 0) is 14.3 Å². The van der Waals surface area contributed by atoms with E-state index < -0.39 is 24.4 Å². The van der Waals surface area contributed by atoms with Crippen LogP contribution in [-0.4, -0.2) is 54.2 Å². The lowest BCUT2D eigenvalue weighted by Gasteiger charge is -2.47. The van der Waals surface area contributed by atoms with E-state index in [2.05, 4.69) is 10.1 Å². The zero-order valence-corrected chi connectivity index (χ0v) is 12.4. The van der Waals surface area contributed by atoms with Gasteiger partial charge in [0.1, 0.15) is 18.2 Å². The number of rotatable bonds is 6. The first-order chi connectivity index (χ1) is 9.68.